The molecular formula is C23H28N2O4. The van der Waals surface area contributed by atoms with Gasteiger partial charge in [-0.15, -0.1) is 0 Å². The van der Waals surface area contributed by atoms with Crippen molar-refractivity contribution >= 4 is 11.8 Å². The van der Waals surface area contributed by atoms with Crippen molar-refractivity contribution in [3.05, 3.63) is 65.7 Å². The van der Waals surface area contributed by atoms with Crippen molar-refractivity contribution < 1.29 is 19.1 Å². The minimum atomic E-state index is -0.409. The van der Waals surface area contributed by atoms with Crippen LogP contribution < -0.4 is 15.6 Å². The second kappa shape index (κ2) is 10.1. The van der Waals surface area contributed by atoms with Crippen LogP contribution in [-0.2, 0) is 20.7 Å². The average molecular weight is 396 g/mol. The normalized spacial score (nSPS) is 18.4. The molecule has 29 heavy (non-hydrogen) atoms. The molecule has 6 heteroatoms. The molecule has 2 unspecified atom stereocenters. The first-order valence-corrected chi connectivity index (χ1v) is 9.99. The van der Waals surface area contributed by atoms with Gasteiger partial charge in [-0.3, -0.25) is 20.4 Å². The molecule has 2 amide bonds. The molecule has 2 aromatic carbocycles. The van der Waals surface area contributed by atoms with E-state index in [1.54, 1.807) is 0 Å². The van der Waals surface area contributed by atoms with Gasteiger partial charge in [0, 0.05) is 13.0 Å². The number of hydrogen-bond acceptors (Lipinski definition) is 4. The van der Waals surface area contributed by atoms with Crippen LogP contribution in [0.4, 0.5) is 0 Å². The predicted molar refractivity (Wildman–Crippen MR) is 110 cm³/mol. The highest BCUT2D eigenvalue weighted by atomic mass is 16.5. The van der Waals surface area contributed by atoms with E-state index in [1.807, 2.05) is 56.3 Å². The highest BCUT2D eigenvalue weighted by Crippen LogP contribution is 2.26. The van der Waals surface area contributed by atoms with Gasteiger partial charge in [0.2, 0.25) is 5.91 Å². The van der Waals surface area contributed by atoms with Crippen LogP contribution in [0, 0.1) is 11.8 Å². The lowest BCUT2D eigenvalue weighted by Gasteiger charge is -2.21. The second-order valence-corrected chi connectivity index (χ2v) is 7.57. The lowest BCUT2D eigenvalue weighted by Crippen LogP contribution is -2.48. The van der Waals surface area contributed by atoms with Crippen LogP contribution in [0.1, 0.15) is 31.4 Å². The van der Waals surface area contributed by atoms with Crippen LogP contribution in [0.2, 0.25) is 0 Å². The van der Waals surface area contributed by atoms with Gasteiger partial charge in [0.1, 0.15) is 5.75 Å². The fourth-order valence-corrected chi connectivity index (χ4v) is 3.56. The Hall–Kier alpha value is -2.86. The van der Waals surface area contributed by atoms with Crippen molar-refractivity contribution in [2.75, 3.05) is 13.2 Å². The SMILES string of the molecule is CC(C)C1OCCC1C(=O)NNC(=O)COc1ccccc1Cc1ccccc1. The monoisotopic (exact) mass is 396 g/mol. The minimum absolute atomic E-state index is 0.118. The van der Waals surface area contributed by atoms with Crippen molar-refractivity contribution in [1.82, 2.24) is 10.9 Å². The molecule has 0 bridgehead atoms. The van der Waals surface area contributed by atoms with Crippen molar-refractivity contribution in [2.24, 2.45) is 11.8 Å². The van der Waals surface area contributed by atoms with Crippen LogP contribution >= 0.6 is 0 Å². The molecule has 0 radical (unpaired) electrons. The van der Waals surface area contributed by atoms with Crippen molar-refractivity contribution in [3.8, 4) is 5.75 Å². The lowest BCUT2D eigenvalue weighted by atomic mass is 9.92. The number of hydrogen-bond donors (Lipinski definition) is 2. The molecule has 0 spiro atoms. The summed E-state index contributed by atoms with van der Waals surface area (Å²) in [7, 11) is 0. The van der Waals surface area contributed by atoms with E-state index in [0.29, 0.717) is 25.2 Å². The Kier molecular flexibility index (Phi) is 7.25. The fraction of sp³-hybridized carbons (Fsp3) is 0.391. The second-order valence-electron chi connectivity index (χ2n) is 7.57. The Labute approximate surface area is 171 Å². The topological polar surface area (TPSA) is 76.7 Å². The van der Waals surface area contributed by atoms with E-state index in [0.717, 1.165) is 5.56 Å². The standard InChI is InChI=1S/C23H28N2O4/c1-16(2)22-19(12-13-28-22)23(27)25-24-21(26)15-29-20-11-7-6-10-18(20)14-17-8-4-3-5-9-17/h3-11,16,19,22H,12-15H2,1-2H3,(H,24,26)(H,25,27). The highest BCUT2D eigenvalue weighted by Gasteiger charge is 2.36. The number of para-hydroxylation sites is 1. The highest BCUT2D eigenvalue weighted by molar-refractivity contribution is 5.84. The summed E-state index contributed by atoms with van der Waals surface area (Å²) in [6.07, 6.45) is 1.26. The molecule has 0 saturated carbocycles. The molecule has 1 saturated heterocycles. The number of rotatable bonds is 7. The maximum Gasteiger partial charge on any atom is 0.276 e. The van der Waals surface area contributed by atoms with E-state index in [9.17, 15) is 9.59 Å². The molecule has 3 rings (SSSR count). The molecular weight excluding hydrogens is 368 g/mol. The third kappa shape index (κ3) is 5.81. The van der Waals surface area contributed by atoms with E-state index in [1.165, 1.54) is 5.56 Å². The number of carbonyl (C=O) groups is 2. The molecule has 1 fully saturated rings. The van der Waals surface area contributed by atoms with Crippen molar-refractivity contribution in [3.63, 3.8) is 0 Å². The van der Waals surface area contributed by atoms with Crippen LogP contribution in [0.25, 0.3) is 0 Å². The summed E-state index contributed by atoms with van der Waals surface area (Å²) in [5.41, 5.74) is 7.10. The maximum atomic E-state index is 12.3. The first-order valence-electron chi connectivity index (χ1n) is 9.99. The van der Waals surface area contributed by atoms with Crippen LogP contribution in [-0.4, -0.2) is 31.1 Å². The summed E-state index contributed by atoms with van der Waals surface area (Å²) in [4.78, 5) is 24.5. The van der Waals surface area contributed by atoms with Gasteiger partial charge in [-0.05, 0) is 29.5 Å². The van der Waals surface area contributed by atoms with Gasteiger partial charge in [0.05, 0.1) is 12.0 Å². The molecule has 2 N–H and O–H groups in total. The van der Waals surface area contributed by atoms with E-state index >= 15 is 0 Å². The first-order chi connectivity index (χ1) is 14.0. The summed E-state index contributed by atoms with van der Waals surface area (Å²) < 4.78 is 11.3. The number of benzene rings is 2. The largest absolute Gasteiger partial charge is 0.483 e. The predicted octanol–water partition coefficient (Wildman–Crippen LogP) is 2.86. The number of carbonyl (C=O) groups excluding carboxylic acids is 2. The molecule has 1 heterocycles. The van der Waals surface area contributed by atoms with Gasteiger partial charge in [0.15, 0.2) is 6.61 Å². The summed E-state index contributed by atoms with van der Waals surface area (Å²) in [6.45, 7) is 4.43. The molecule has 0 aliphatic carbocycles. The maximum absolute atomic E-state index is 12.3. The first kappa shape index (κ1) is 20.9. The van der Waals surface area contributed by atoms with Crippen molar-refractivity contribution in [1.29, 1.82) is 0 Å². The van der Waals surface area contributed by atoms with Crippen LogP contribution in [0.3, 0.4) is 0 Å². The minimum Gasteiger partial charge on any atom is -0.483 e. The molecule has 0 aromatic heterocycles. The summed E-state index contributed by atoms with van der Waals surface area (Å²) in [5.74, 6) is 0.0185. The number of hydrazine groups is 1. The summed E-state index contributed by atoms with van der Waals surface area (Å²) >= 11 is 0. The third-order valence-corrected chi connectivity index (χ3v) is 5.02. The average Bonchev–Trinajstić information content (AvgIpc) is 3.22. The third-order valence-electron chi connectivity index (χ3n) is 5.02. The molecule has 2 atom stereocenters. The Bertz CT molecular complexity index is 823. The van der Waals surface area contributed by atoms with Gasteiger partial charge in [-0.2, -0.15) is 0 Å². The molecule has 1 aliphatic rings. The molecule has 2 aromatic rings. The van der Waals surface area contributed by atoms with Crippen LogP contribution in [0.5, 0.6) is 5.75 Å². The van der Waals surface area contributed by atoms with Gasteiger partial charge in [-0.1, -0.05) is 62.4 Å². The molecule has 1 aliphatic heterocycles. The lowest BCUT2D eigenvalue weighted by molar-refractivity contribution is -0.133. The van der Waals surface area contributed by atoms with E-state index in [-0.39, 0.29) is 30.5 Å². The number of amides is 2. The fourth-order valence-electron chi connectivity index (χ4n) is 3.56. The van der Waals surface area contributed by atoms with Gasteiger partial charge >= 0.3 is 0 Å². The van der Waals surface area contributed by atoms with E-state index in [2.05, 4.69) is 23.0 Å². The van der Waals surface area contributed by atoms with Gasteiger partial charge in [0.25, 0.3) is 5.91 Å². The number of nitrogens with one attached hydrogen (secondary N) is 2. The Morgan fingerprint density at radius 2 is 1.79 bits per heavy atom. The van der Waals surface area contributed by atoms with Crippen LogP contribution in [0.15, 0.2) is 54.6 Å². The Balaban J connectivity index is 1.49. The Morgan fingerprint density at radius 1 is 1.07 bits per heavy atom. The zero-order chi connectivity index (χ0) is 20.6. The zero-order valence-corrected chi connectivity index (χ0v) is 16.9. The van der Waals surface area contributed by atoms with E-state index < -0.39 is 5.91 Å². The molecule has 6 nitrogen and oxygen atoms in total. The quantitative estimate of drug-likeness (QED) is 0.706. The molecule has 154 valence electrons. The van der Waals surface area contributed by atoms with Gasteiger partial charge in [-0.25, -0.2) is 0 Å². The Morgan fingerprint density at radius 3 is 2.55 bits per heavy atom. The van der Waals surface area contributed by atoms with Gasteiger partial charge < -0.3 is 9.47 Å². The number of ether oxygens (including phenoxy) is 2. The zero-order valence-electron chi connectivity index (χ0n) is 16.9. The van der Waals surface area contributed by atoms with E-state index in [4.69, 9.17) is 9.47 Å². The summed E-state index contributed by atoms with van der Waals surface area (Å²) in [6, 6.07) is 17.7. The smallest absolute Gasteiger partial charge is 0.276 e. The summed E-state index contributed by atoms with van der Waals surface area (Å²) in [5, 5.41) is 0. The van der Waals surface area contributed by atoms with Crippen molar-refractivity contribution in [2.45, 2.75) is 32.8 Å².